The van der Waals surface area contributed by atoms with Gasteiger partial charge in [-0.15, -0.1) is 0 Å². The van der Waals surface area contributed by atoms with Crippen molar-refractivity contribution in [3.8, 4) is 0 Å². The van der Waals surface area contributed by atoms with Crippen molar-refractivity contribution < 1.29 is 59.1 Å². The predicted molar refractivity (Wildman–Crippen MR) is 79.9 cm³/mol. The average Bonchev–Trinajstić information content (AvgIpc) is 3.45. The van der Waals surface area contributed by atoms with Gasteiger partial charge in [0.15, 0.2) is 18.9 Å². The second-order valence-corrected chi connectivity index (χ2v) is 7.07. The van der Waals surface area contributed by atoms with E-state index in [1.165, 1.54) is 0 Å². The Morgan fingerprint density at radius 2 is 1.30 bits per heavy atom. The summed E-state index contributed by atoms with van der Waals surface area (Å²) in [5.74, 6) is 0. The van der Waals surface area contributed by atoms with E-state index in [4.69, 9.17) is 28.4 Å². The number of epoxide rings is 1. The second-order valence-electron chi connectivity index (χ2n) is 7.07. The maximum atomic E-state index is 10.3. The first-order chi connectivity index (χ1) is 12.9. The van der Waals surface area contributed by atoms with Gasteiger partial charge in [0.2, 0.25) is 0 Å². The summed E-state index contributed by atoms with van der Waals surface area (Å²) in [4.78, 5) is 0. The summed E-state index contributed by atoms with van der Waals surface area (Å²) < 4.78 is 32.3. The van der Waals surface area contributed by atoms with Crippen molar-refractivity contribution in [2.24, 2.45) is 0 Å². The molecule has 1 unspecified atom stereocenters. The van der Waals surface area contributed by atoms with Crippen LogP contribution in [0, 0.1) is 0 Å². The van der Waals surface area contributed by atoms with Crippen LogP contribution < -0.4 is 0 Å². The zero-order chi connectivity index (χ0) is 19.3. The first-order valence-corrected chi connectivity index (χ1v) is 8.76. The van der Waals surface area contributed by atoms with Gasteiger partial charge in [-0.3, -0.25) is 0 Å². The maximum absolute atomic E-state index is 10.3. The lowest BCUT2D eigenvalue weighted by Gasteiger charge is -2.43. The van der Waals surface area contributed by atoms with Crippen LogP contribution in [0.15, 0.2) is 0 Å². The Morgan fingerprint density at radius 3 is 2.04 bits per heavy atom. The van der Waals surface area contributed by atoms with Crippen LogP contribution in [-0.4, -0.2) is 124 Å². The van der Waals surface area contributed by atoms with Crippen LogP contribution in [0.5, 0.6) is 0 Å². The molecule has 12 heteroatoms. The smallest absolute Gasteiger partial charge is 0.187 e. The third kappa shape index (κ3) is 3.85. The molecule has 12 atom stereocenters. The minimum atomic E-state index is -1.58. The molecule has 0 aromatic carbocycles. The summed E-state index contributed by atoms with van der Waals surface area (Å²) in [6.45, 7) is -0.472. The number of rotatable bonds is 4. The molecule has 4 aliphatic rings. The summed E-state index contributed by atoms with van der Waals surface area (Å²) in [6.07, 6.45) is -13.3. The number of aliphatic hydroxyl groups excluding tert-OH is 6. The van der Waals surface area contributed by atoms with Crippen molar-refractivity contribution in [2.45, 2.75) is 73.8 Å². The van der Waals surface area contributed by atoms with E-state index in [1.807, 2.05) is 0 Å². The van der Waals surface area contributed by atoms with E-state index in [2.05, 4.69) is 0 Å². The molecule has 4 fully saturated rings. The van der Waals surface area contributed by atoms with Crippen molar-refractivity contribution in [1.29, 1.82) is 0 Å². The molecule has 0 aliphatic carbocycles. The first kappa shape index (κ1) is 19.8. The second kappa shape index (κ2) is 7.74. The van der Waals surface area contributed by atoms with Gasteiger partial charge in [0.25, 0.3) is 0 Å². The van der Waals surface area contributed by atoms with Crippen molar-refractivity contribution in [3.63, 3.8) is 0 Å². The zero-order valence-corrected chi connectivity index (χ0v) is 14.2. The Kier molecular flexibility index (Phi) is 5.68. The Balaban J connectivity index is 1.42. The van der Waals surface area contributed by atoms with Crippen LogP contribution >= 0.6 is 0 Å². The fraction of sp³-hybridized carbons (Fsp3) is 1.00. The molecule has 0 radical (unpaired) electrons. The van der Waals surface area contributed by atoms with E-state index in [1.54, 1.807) is 0 Å². The van der Waals surface area contributed by atoms with Gasteiger partial charge in [0.05, 0.1) is 19.8 Å². The highest BCUT2D eigenvalue weighted by atomic mass is 16.8. The lowest BCUT2D eigenvalue weighted by atomic mass is 10.0. The molecule has 4 rings (SSSR count). The average molecular weight is 396 g/mol. The van der Waals surface area contributed by atoms with E-state index >= 15 is 0 Å². The van der Waals surface area contributed by atoms with Gasteiger partial charge in [-0.1, -0.05) is 0 Å². The Hall–Kier alpha value is -0.480. The third-order valence-corrected chi connectivity index (χ3v) is 5.12. The molecule has 12 nitrogen and oxygen atoms in total. The molecule has 0 aromatic heterocycles. The zero-order valence-electron chi connectivity index (χ0n) is 14.2. The fourth-order valence-corrected chi connectivity index (χ4v) is 3.42. The summed E-state index contributed by atoms with van der Waals surface area (Å²) in [6, 6.07) is 0. The number of ether oxygens (including phenoxy) is 6. The predicted octanol–water partition coefficient (Wildman–Crippen LogP) is -4.61. The highest BCUT2D eigenvalue weighted by molar-refractivity contribution is 4.98. The van der Waals surface area contributed by atoms with Crippen molar-refractivity contribution in [1.82, 2.24) is 0 Å². The van der Waals surface area contributed by atoms with E-state index in [0.29, 0.717) is 0 Å². The first-order valence-electron chi connectivity index (χ1n) is 8.76. The number of fused-ring (bicyclic) bond motifs is 1. The van der Waals surface area contributed by atoms with Crippen LogP contribution in [0.2, 0.25) is 0 Å². The SMILES string of the molecule is OC1OC[C@@H](O[C@@H]2OC[C@@H](O)[C@H](O)[C@H]2O[C@@H]2OC[C@@H](O)[C@H](O)[C@H]2O)[C@H]2O[C@@H]12. The molecule has 0 spiro atoms. The van der Waals surface area contributed by atoms with Crippen LogP contribution in [0.25, 0.3) is 0 Å². The molecule has 6 N–H and O–H groups in total. The molecule has 0 bridgehead atoms. The third-order valence-electron chi connectivity index (χ3n) is 5.12. The monoisotopic (exact) mass is 396 g/mol. The van der Waals surface area contributed by atoms with Gasteiger partial charge in [0, 0.05) is 0 Å². The van der Waals surface area contributed by atoms with E-state index < -0.39 is 73.8 Å². The normalized spacial score (nSPS) is 55.8. The lowest BCUT2D eigenvalue weighted by molar-refractivity contribution is -0.351. The quantitative estimate of drug-likeness (QED) is 0.251. The van der Waals surface area contributed by atoms with Crippen molar-refractivity contribution in [2.75, 3.05) is 19.8 Å². The molecule has 0 aromatic rings. The highest BCUT2D eigenvalue weighted by Crippen LogP contribution is 2.36. The highest BCUT2D eigenvalue weighted by Gasteiger charge is 2.56. The van der Waals surface area contributed by atoms with Crippen LogP contribution in [0.4, 0.5) is 0 Å². The van der Waals surface area contributed by atoms with Crippen molar-refractivity contribution in [3.05, 3.63) is 0 Å². The Morgan fingerprint density at radius 1 is 0.630 bits per heavy atom. The Bertz CT molecular complexity index is 521. The topological polar surface area (TPSA) is 180 Å². The van der Waals surface area contributed by atoms with Gasteiger partial charge in [-0.25, -0.2) is 0 Å². The molecule has 156 valence electrons. The standard InChI is InChI=1S/C15H24O12/c16-4-1-23-14(9(20)7(4)18)27-11-8(19)5(17)2-24-15(11)25-6-3-22-13(21)12-10(6)26-12/h4-21H,1-3H2/t4-,5-,6-,7+,8+,9-,10-,11-,12-,13?,14+,15+/m1/s1. The Labute approximate surface area is 153 Å². The molecule has 27 heavy (non-hydrogen) atoms. The summed E-state index contributed by atoms with van der Waals surface area (Å²) in [7, 11) is 0. The van der Waals surface area contributed by atoms with Gasteiger partial charge >= 0.3 is 0 Å². The molecule has 4 aliphatic heterocycles. The molecule has 4 heterocycles. The minimum Gasteiger partial charge on any atom is -0.388 e. The fourth-order valence-electron chi connectivity index (χ4n) is 3.42. The van der Waals surface area contributed by atoms with Crippen LogP contribution in [0.3, 0.4) is 0 Å². The van der Waals surface area contributed by atoms with Gasteiger partial charge < -0.3 is 59.1 Å². The molecule has 0 saturated carbocycles. The van der Waals surface area contributed by atoms with Gasteiger partial charge in [-0.05, 0) is 0 Å². The van der Waals surface area contributed by atoms with E-state index in [0.717, 1.165) is 0 Å². The summed E-state index contributed by atoms with van der Waals surface area (Å²) in [5, 5.41) is 59.0. The van der Waals surface area contributed by atoms with E-state index in [-0.39, 0.29) is 19.8 Å². The van der Waals surface area contributed by atoms with Gasteiger partial charge in [0.1, 0.15) is 54.9 Å². The van der Waals surface area contributed by atoms with Crippen molar-refractivity contribution >= 4 is 0 Å². The van der Waals surface area contributed by atoms with Crippen LogP contribution in [0.1, 0.15) is 0 Å². The summed E-state index contributed by atoms with van der Waals surface area (Å²) >= 11 is 0. The minimum absolute atomic E-state index is 0.0288. The number of hydrogen-bond donors (Lipinski definition) is 6. The van der Waals surface area contributed by atoms with E-state index in [9.17, 15) is 30.6 Å². The summed E-state index contributed by atoms with van der Waals surface area (Å²) in [5.41, 5.74) is 0. The molecular formula is C15H24O12. The largest absolute Gasteiger partial charge is 0.388 e. The lowest BCUT2D eigenvalue weighted by Crippen LogP contribution is -2.61. The molecule has 0 amide bonds. The number of hydrogen-bond acceptors (Lipinski definition) is 12. The van der Waals surface area contributed by atoms with Gasteiger partial charge in [-0.2, -0.15) is 0 Å². The molecule has 4 saturated heterocycles. The van der Waals surface area contributed by atoms with Crippen LogP contribution in [-0.2, 0) is 28.4 Å². The maximum Gasteiger partial charge on any atom is 0.187 e. The number of aliphatic hydroxyl groups is 6. The molecular weight excluding hydrogens is 372 g/mol.